The number of urea groups is 1. The molecule has 0 saturated heterocycles. The number of aromatic nitrogens is 1. The van der Waals surface area contributed by atoms with Crippen LogP contribution in [-0.4, -0.2) is 59.7 Å². The van der Waals surface area contributed by atoms with E-state index in [0.717, 1.165) is 11.3 Å². The van der Waals surface area contributed by atoms with Crippen molar-refractivity contribution in [3.63, 3.8) is 0 Å². The number of hydrogen-bond donors (Lipinski definition) is 2. The first-order valence-electron chi connectivity index (χ1n) is 12.3. The molecule has 0 spiro atoms. The van der Waals surface area contributed by atoms with E-state index in [2.05, 4.69) is 20.6 Å². The molecule has 0 fully saturated rings. The molecule has 0 aliphatic rings. The molecule has 1 heterocycles. The van der Waals surface area contributed by atoms with Crippen LogP contribution in [-0.2, 0) is 16.1 Å². The molecule has 0 aliphatic heterocycles. The van der Waals surface area contributed by atoms with Crippen molar-refractivity contribution in [2.24, 2.45) is 4.99 Å². The Hall–Kier alpha value is -4.44. The average Bonchev–Trinajstić information content (AvgIpc) is 2.95. The van der Waals surface area contributed by atoms with Crippen LogP contribution in [0.15, 0.2) is 71.9 Å². The van der Waals surface area contributed by atoms with Crippen molar-refractivity contribution < 1.29 is 19.1 Å². The molecule has 206 valence electrons. The highest BCUT2D eigenvalue weighted by Crippen LogP contribution is 2.24. The first-order chi connectivity index (χ1) is 18.8. The number of pyridine rings is 1. The number of carbonyl (C=O) groups excluding carboxylic acids is 3. The van der Waals surface area contributed by atoms with E-state index in [-0.39, 0.29) is 25.0 Å². The number of rotatable bonds is 8. The number of nitrogens with one attached hydrogen (secondary N) is 2. The van der Waals surface area contributed by atoms with Crippen LogP contribution in [0, 0.1) is 6.92 Å². The van der Waals surface area contributed by atoms with Crippen LogP contribution in [0.25, 0.3) is 0 Å². The van der Waals surface area contributed by atoms with Crippen LogP contribution in [0.2, 0.25) is 5.02 Å². The fourth-order valence-corrected chi connectivity index (χ4v) is 3.16. The van der Waals surface area contributed by atoms with Gasteiger partial charge in [0.2, 0.25) is 18.3 Å². The summed E-state index contributed by atoms with van der Waals surface area (Å²) in [5.74, 6) is 0.789. The topological polar surface area (TPSA) is 116 Å². The van der Waals surface area contributed by atoms with Crippen LogP contribution in [0.1, 0.15) is 25.1 Å². The Labute approximate surface area is 233 Å². The van der Waals surface area contributed by atoms with E-state index in [0.29, 0.717) is 28.6 Å². The molecule has 0 bridgehead atoms. The quantitative estimate of drug-likeness (QED) is 0.234. The maximum Gasteiger partial charge on any atom is 0.324 e. The lowest BCUT2D eigenvalue weighted by molar-refractivity contribution is -0.121. The third-order valence-corrected chi connectivity index (χ3v) is 5.33. The van der Waals surface area contributed by atoms with Gasteiger partial charge in [-0.2, -0.15) is 0 Å². The fourth-order valence-electron chi connectivity index (χ4n) is 3.03. The first-order valence-corrected chi connectivity index (χ1v) is 12.6. The molecule has 1 aromatic heterocycles. The zero-order chi connectivity index (χ0) is 28.8. The lowest BCUT2D eigenvalue weighted by Crippen LogP contribution is -2.49. The van der Waals surface area contributed by atoms with Crippen molar-refractivity contribution >= 4 is 41.6 Å². The lowest BCUT2D eigenvalue weighted by Gasteiger charge is -2.23. The zero-order valence-electron chi connectivity index (χ0n) is 22.6. The van der Waals surface area contributed by atoms with E-state index in [1.165, 1.54) is 23.9 Å². The molecule has 11 heteroatoms. The van der Waals surface area contributed by atoms with Crippen molar-refractivity contribution in [2.75, 3.05) is 20.6 Å². The zero-order valence-corrected chi connectivity index (χ0v) is 23.4. The lowest BCUT2D eigenvalue weighted by atomic mass is 10.2. The summed E-state index contributed by atoms with van der Waals surface area (Å²) in [5, 5.41) is 5.64. The summed E-state index contributed by atoms with van der Waals surface area (Å²) in [4.78, 5) is 47.6. The molecule has 3 aromatic rings. The summed E-state index contributed by atoms with van der Waals surface area (Å²) in [6.07, 6.45) is 2.19. The second kappa shape index (κ2) is 15.7. The summed E-state index contributed by atoms with van der Waals surface area (Å²) in [7, 11) is 2.93. The standard InChI is InChI=1S/C26H27ClN6O4.C2H6/c1-18-4-11-23(14-29-18)37-22-12-9-21(10-13-22)30-25(31-26(36)32(3)16-24(35)28-2)33(17-34)15-19-5-7-20(27)8-6-19;1-2/h4-14,17H,15-16H2,1-3H3,(H,28,35)(H,30,31,36);1-2H3. The van der Waals surface area contributed by atoms with E-state index in [1.807, 2.05) is 32.9 Å². The van der Waals surface area contributed by atoms with Crippen LogP contribution in [0.4, 0.5) is 10.5 Å². The highest BCUT2D eigenvalue weighted by molar-refractivity contribution is 6.30. The van der Waals surface area contributed by atoms with Gasteiger partial charge in [-0.05, 0) is 61.0 Å². The Balaban J connectivity index is 0.00000260. The third kappa shape index (κ3) is 10.1. The summed E-state index contributed by atoms with van der Waals surface area (Å²) in [5.41, 5.74) is 2.11. The number of benzene rings is 2. The second-order valence-corrected chi connectivity index (χ2v) is 8.42. The van der Waals surface area contributed by atoms with Crippen molar-refractivity contribution in [1.82, 2.24) is 25.4 Å². The predicted molar refractivity (Wildman–Crippen MR) is 152 cm³/mol. The first kappa shape index (κ1) is 30.8. The normalized spacial score (nSPS) is 10.5. The fraction of sp³-hybridized carbons (Fsp3) is 0.250. The van der Waals surface area contributed by atoms with Gasteiger partial charge in [-0.3, -0.25) is 24.8 Å². The number of aliphatic imine (C=N–C) groups is 1. The minimum absolute atomic E-state index is 0.0184. The largest absolute Gasteiger partial charge is 0.456 e. The van der Waals surface area contributed by atoms with Gasteiger partial charge < -0.3 is 15.0 Å². The van der Waals surface area contributed by atoms with Crippen LogP contribution >= 0.6 is 11.6 Å². The number of nitrogens with zero attached hydrogens (tertiary/aromatic N) is 4. The third-order valence-electron chi connectivity index (χ3n) is 5.08. The van der Waals surface area contributed by atoms with E-state index >= 15 is 0 Å². The number of amides is 4. The number of guanidine groups is 1. The maximum absolute atomic E-state index is 12.8. The monoisotopic (exact) mass is 552 g/mol. The number of carbonyl (C=O) groups is 3. The van der Waals surface area contributed by atoms with Crippen molar-refractivity contribution in [3.8, 4) is 11.5 Å². The Bertz CT molecular complexity index is 1250. The SMILES string of the molecule is CC.CNC(=O)CN(C)C(=O)NC(=Nc1ccc(Oc2ccc(C)nc2)cc1)N(C=O)Cc1ccc(Cl)cc1. The van der Waals surface area contributed by atoms with Gasteiger partial charge in [-0.15, -0.1) is 0 Å². The van der Waals surface area contributed by atoms with E-state index in [1.54, 1.807) is 54.7 Å². The number of ether oxygens (including phenoxy) is 1. The minimum Gasteiger partial charge on any atom is -0.456 e. The highest BCUT2D eigenvalue weighted by Gasteiger charge is 2.19. The molecule has 0 unspecified atom stereocenters. The summed E-state index contributed by atoms with van der Waals surface area (Å²) >= 11 is 5.96. The summed E-state index contributed by atoms with van der Waals surface area (Å²) in [6.45, 7) is 5.84. The second-order valence-electron chi connectivity index (χ2n) is 7.99. The van der Waals surface area contributed by atoms with Gasteiger partial charge in [-0.1, -0.05) is 37.6 Å². The van der Waals surface area contributed by atoms with Gasteiger partial charge in [0.25, 0.3) is 0 Å². The number of likely N-dealkylation sites (N-methyl/N-ethyl adjacent to an activating group) is 2. The predicted octanol–water partition coefficient (Wildman–Crippen LogP) is 4.90. The molecular weight excluding hydrogens is 520 g/mol. The average molecular weight is 553 g/mol. The van der Waals surface area contributed by atoms with E-state index < -0.39 is 6.03 Å². The molecule has 0 atom stereocenters. The molecule has 0 radical (unpaired) electrons. The Morgan fingerprint density at radius 3 is 2.23 bits per heavy atom. The number of hydrogen-bond acceptors (Lipinski definition) is 6. The molecule has 2 N–H and O–H groups in total. The van der Waals surface area contributed by atoms with E-state index in [4.69, 9.17) is 16.3 Å². The number of aryl methyl sites for hydroxylation is 1. The smallest absolute Gasteiger partial charge is 0.324 e. The van der Waals surface area contributed by atoms with E-state index in [9.17, 15) is 14.4 Å². The van der Waals surface area contributed by atoms with Gasteiger partial charge >= 0.3 is 6.03 Å². The van der Waals surface area contributed by atoms with Crippen molar-refractivity contribution in [2.45, 2.75) is 27.3 Å². The number of halogens is 1. The molecule has 0 saturated carbocycles. The molecule has 4 amide bonds. The Morgan fingerprint density at radius 1 is 1.03 bits per heavy atom. The molecule has 3 rings (SSSR count). The van der Waals surface area contributed by atoms with Crippen LogP contribution in [0.3, 0.4) is 0 Å². The Morgan fingerprint density at radius 2 is 1.67 bits per heavy atom. The van der Waals surface area contributed by atoms with Gasteiger partial charge in [-0.25, -0.2) is 9.79 Å². The van der Waals surface area contributed by atoms with Crippen molar-refractivity contribution in [1.29, 1.82) is 0 Å². The summed E-state index contributed by atoms with van der Waals surface area (Å²) in [6, 6.07) is 16.8. The molecule has 10 nitrogen and oxygen atoms in total. The van der Waals surface area contributed by atoms with Gasteiger partial charge in [0.15, 0.2) is 0 Å². The van der Waals surface area contributed by atoms with Gasteiger partial charge in [0.05, 0.1) is 18.4 Å². The van der Waals surface area contributed by atoms with Gasteiger partial charge in [0, 0.05) is 24.8 Å². The highest BCUT2D eigenvalue weighted by atomic mass is 35.5. The van der Waals surface area contributed by atoms with Crippen LogP contribution < -0.4 is 15.4 Å². The molecule has 39 heavy (non-hydrogen) atoms. The molecular formula is C28H33ClN6O4. The Kier molecular flexibility index (Phi) is 12.4. The summed E-state index contributed by atoms with van der Waals surface area (Å²) < 4.78 is 5.79. The van der Waals surface area contributed by atoms with Crippen LogP contribution in [0.5, 0.6) is 11.5 Å². The van der Waals surface area contributed by atoms with Crippen molar-refractivity contribution in [3.05, 3.63) is 83.1 Å². The molecule has 2 aromatic carbocycles. The van der Waals surface area contributed by atoms with Gasteiger partial charge in [0.1, 0.15) is 18.0 Å². The minimum atomic E-state index is -0.614. The molecule has 0 aliphatic carbocycles. The maximum atomic E-state index is 12.8.